The predicted octanol–water partition coefficient (Wildman–Crippen LogP) is 2.59. The minimum Gasteiger partial charge on any atom is -0.353 e. The molecule has 0 aromatic heterocycles. The first-order valence-corrected chi connectivity index (χ1v) is 9.65. The van der Waals surface area contributed by atoms with Gasteiger partial charge in [0.25, 0.3) is 0 Å². The summed E-state index contributed by atoms with van der Waals surface area (Å²) in [4.78, 5) is 40.3. The van der Waals surface area contributed by atoms with E-state index < -0.39 is 0 Å². The van der Waals surface area contributed by atoms with Gasteiger partial charge in [-0.25, -0.2) is 9.18 Å². The number of ketones is 1. The summed E-state index contributed by atoms with van der Waals surface area (Å²) < 4.78 is 12.9. The summed E-state index contributed by atoms with van der Waals surface area (Å²) >= 11 is 0. The number of hydrogen-bond acceptors (Lipinski definition) is 3. The number of urea groups is 1. The Bertz CT molecular complexity index is 678. The third-order valence-electron chi connectivity index (χ3n) is 5.25. The fourth-order valence-corrected chi connectivity index (χ4v) is 3.63. The highest BCUT2D eigenvalue weighted by Crippen LogP contribution is 2.16. The Morgan fingerprint density at radius 3 is 2.15 bits per heavy atom. The first-order valence-electron chi connectivity index (χ1n) is 9.65. The van der Waals surface area contributed by atoms with Crippen LogP contribution < -0.4 is 5.32 Å². The molecule has 0 atom stereocenters. The number of likely N-dealkylation sites (tertiary alicyclic amines) is 2. The SMILES string of the molecule is O=C(CCC(=O)c1ccc(F)cc1)NC1CCN(C(=O)N2CCCC2)CC1. The van der Waals surface area contributed by atoms with Crippen molar-refractivity contribution in [2.24, 2.45) is 0 Å². The van der Waals surface area contributed by atoms with Crippen molar-refractivity contribution in [1.82, 2.24) is 15.1 Å². The molecule has 0 bridgehead atoms. The van der Waals surface area contributed by atoms with Crippen LogP contribution in [0.4, 0.5) is 9.18 Å². The molecule has 0 radical (unpaired) electrons. The molecule has 1 N–H and O–H groups in total. The van der Waals surface area contributed by atoms with Crippen LogP contribution in [0.25, 0.3) is 0 Å². The van der Waals surface area contributed by atoms with Gasteiger partial charge >= 0.3 is 6.03 Å². The van der Waals surface area contributed by atoms with E-state index in [0.29, 0.717) is 18.7 Å². The molecule has 1 aromatic rings. The normalized spacial score (nSPS) is 17.8. The Balaban J connectivity index is 1.37. The van der Waals surface area contributed by atoms with Crippen molar-refractivity contribution in [3.8, 4) is 0 Å². The second-order valence-electron chi connectivity index (χ2n) is 7.24. The Hall–Kier alpha value is -2.44. The Morgan fingerprint density at radius 1 is 0.926 bits per heavy atom. The monoisotopic (exact) mass is 375 g/mol. The number of Topliss-reactive ketones (excluding diaryl/α,β-unsaturated/α-hetero) is 1. The Morgan fingerprint density at radius 2 is 1.52 bits per heavy atom. The number of rotatable bonds is 5. The predicted molar refractivity (Wildman–Crippen MR) is 98.9 cm³/mol. The highest BCUT2D eigenvalue weighted by Gasteiger charge is 2.28. The fraction of sp³-hybridized carbons (Fsp3) is 0.550. The van der Waals surface area contributed by atoms with Gasteiger partial charge in [-0.15, -0.1) is 0 Å². The first kappa shape index (κ1) is 19.3. The number of nitrogens with zero attached hydrogens (tertiary/aromatic N) is 2. The number of piperidine rings is 1. The number of halogens is 1. The second-order valence-corrected chi connectivity index (χ2v) is 7.24. The van der Waals surface area contributed by atoms with Crippen molar-refractivity contribution in [1.29, 1.82) is 0 Å². The lowest BCUT2D eigenvalue weighted by Gasteiger charge is -2.34. The van der Waals surface area contributed by atoms with Crippen molar-refractivity contribution in [2.45, 2.75) is 44.6 Å². The molecule has 2 heterocycles. The van der Waals surface area contributed by atoms with E-state index in [-0.39, 0.29) is 42.4 Å². The maximum absolute atomic E-state index is 12.9. The van der Waals surface area contributed by atoms with Gasteiger partial charge in [0.15, 0.2) is 5.78 Å². The molecule has 3 amide bonds. The quantitative estimate of drug-likeness (QED) is 0.804. The van der Waals surface area contributed by atoms with Crippen molar-refractivity contribution in [2.75, 3.05) is 26.2 Å². The van der Waals surface area contributed by atoms with Gasteiger partial charge in [-0.05, 0) is 49.9 Å². The number of benzene rings is 1. The van der Waals surface area contributed by atoms with E-state index >= 15 is 0 Å². The van der Waals surface area contributed by atoms with Crippen molar-refractivity contribution in [3.63, 3.8) is 0 Å². The van der Waals surface area contributed by atoms with Crippen LogP contribution in [0.5, 0.6) is 0 Å². The van der Waals surface area contributed by atoms with Crippen LogP contribution in [0, 0.1) is 5.82 Å². The van der Waals surface area contributed by atoms with E-state index in [4.69, 9.17) is 0 Å². The summed E-state index contributed by atoms with van der Waals surface area (Å²) in [6.45, 7) is 2.98. The smallest absolute Gasteiger partial charge is 0.319 e. The zero-order chi connectivity index (χ0) is 19.2. The molecule has 6 nitrogen and oxygen atoms in total. The fourth-order valence-electron chi connectivity index (χ4n) is 3.63. The maximum atomic E-state index is 12.9. The molecule has 2 saturated heterocycles. The molecule has 2 aliphatic rings. The summed E-state index contributed by atoms with van der Waals surface area (Å²) in [5, 5.41) is 2.96. The minimum absolute atomic E-state index is 0.0426. The van der Waals surface area contributed by atoms with Crippen LogP contribution >= 0.6 is 0 Å². The van der Waals surface area contributed by atoms with Gasteiger partial charge in [0.1, 0.15) is 5.82 Å². The molecule has 2 fully saturated rings. The van der Waals surface area contributed by atoms with Crippen molar-refractivity contribution < 1.29 is 18.8 Å². The van der Waals surface area contributed by atoms with Crippen LogP contribution in [0.15, 0.2) is 24.3 Å². The van der Waals surface area contributed by atoms with Gasteiger partial charge in [0.05, 0.1) is 0 Å². The van der Waals surface area contributed by atoms with Crippen molar-refractivity contribution >= 4 is 17.7 Å². The summed E-state index contributed by atoms with van der Waals surface area (Å²) in [5.74, 6) is -0.718. The molecule has 0 spiro atoms. The summed E-state index contributed by atoms with van der Waals surface area (Å²) in [6.07, 6.45) is 3.84. The number of amides is 3. The van der Waals surface area contributed by atoms with Crippen LogP contribution in [0.3, 0.4) is 0 Å². The first-order chi connectivity index (χ1) is 13.0. The van der Waals surface area contributed by atoms with Gasteiger partial charge in [0.2, 0.25) is 5.91 Å². The third-order valence-corrected chi connectivity index (χ3v) is 5.25. The zero-order valence-corrected chi connectivity index (χ0v) is 15.5. The molecule has 0 saturated carbocycles. The molecule has 7 heteroatoms. The highest BCUT2D eigenvalue weighted by atomic mass is 19.1. The van der Waals surface area contributed by atoms with Gasteiger partial charge in [-0.2, -0.15) is 0 Å². The van der Waals surface area contributed by atoms with Crippen molar-refractivity contribution in [3.05, 3.63) is 35.6 Å². The van der Waals surface area contributed by atoms with E-state index in [9.17, 15) is 18.8 Å². The summed E-state index contributed by atoms with van der Waals surface area (Å²) in [6, 6.07) is 5.50. The number of carbonyl (C=O) groups is 3. The molecular formula is C20H26FN3O3. The van der Waals surface area contributed by atoms with Crippen LogP contribution in [0.1, 0.15) is 48.9 Å². The Kier molecular flexibility index (Phi) is 6.42. The number of carbonyl (C=O) groups excluding carboxylic acids is 3. The lowest BCUT2D eigenvalue weighted by Crippen LogP contribution is -2.50. The van der Waals surface area contributed by atoms with E-state index in [0.717, 1.165) is 38.8 Å². The molecule has 146 valence electrons. The van der Waals surface area contributed by atoms with E-state index in [1.165, 1.54) is 24.3 Å². The van der Waals surface area contributed by atoms with Crippen LogP contribution in [-0.4, -0.2) is 59.7 Å². The molecule has 0 aliphatic carbocycles. The summed E-state index contributed by atoms with van der Waals surface area (Å²) in [5.41, 5.74) is 0.415. The maximum Gasteiger partial charge on any atom is 0.319 e. The lowest BCUT2D eigenvalue weighted by molar-refractivity contribution is -0.122. The molecule has 2 aliphatic heterocycles. The molecular weight excluding hydrogens is 349 g/mol. The summed E-state index contributed by atoms with van der Waals surface area (Å²) in [7, 11) is 0. The average molecular weight is 375 g/mol. The molecule has 27 heavy (non-hydrogen) atoms. The van der Waals surface area contributed by atoms with Gasteiger partial charge < -0.3 is 15.1 Å². The average Bonchev–Trinajstić information content (AvgIpc) is 3.21. The van der Waals surface area contributed by atoms with Gasteiger partial charge in [-0.3, -0.25) is 9.59 Å². The number of nitrogens with one attached hydrogen (secondary N) is 1. The molecule has 0 unspecified atom stereocenters. The van der Waals surface area contributed by atoms with E-state index in [1.54, 1.807) is 0 Å². The highest BCUT2D eigenvalue weighted by molar-refractivity contribution is 5.97. The van der Waals surface area contributed by atoms with Crippen LogP contribution in [0.2, 0.25) is 0 Å². The molecule has 1 aromatic carbocycles. The third kappa shape index (κ3) is 5.28. The topological polar surface area (TPSA) is 69.7 Å². The minimum atomic E-state index is -0.390. The van der Waals surface area contributed by atoms with Crippen LogP contribution in [-0.2, 0) is 4.79 Å². The van der Waals surface area contributed by atoms with Gasteiger partial charge in [-0.1, -0.05) is 0 Å². The largest absolute Gasteiger partial charge is 0.353 e. The molecule has 3 rings (SSSR count). The standard InChI is InChI=1S/C20H26FN3O3/c21-16-5-3-15(4-6-16)18(25)7-8-19(26)22-17-9-13-24(14-10-17)20(27)23-11-1-2-12-23/h3-6,17H,1-2,7-14H2,(H,22,26). The second kappa shape index (κ2) is 8.97. The Labute approximate surface area is 158 Å². The van der Waals surface area contributed by atoms with Gasteiger partial charge in [0, 0.05) is 50.6 Å². The lowest BCUT2D eigenvalue weighted by atomic mass is 10.0. The van der Waals surface area contributed by atoms with E-state index in [2.05, 4.69) is 5.32 Å². The van der Waals surface area contributed by atoms with E-state index in [1.807, 2.05) is 9.80 Å². The zero-order valence-electron chi connectivity index (χ0n) is 15.5. The number of hydrogen-bond donors (Lipinski definition) is 1.